The highest BCUT2D eigenvalue weighted by Gasteiger charge is 2.19. The summed E-state index contributed by atoms with van der Waals surface area (Å²) in [5.74, 6) is -1.04. The first kappa shape index (κ1) is 20.3. The quantitative estimate of drug-likeness (QED) is 0.712. The standard InChI is InChI=1S/C15H21BrN3O.C2H4O2/c1-4-17(5-2)9-8-14-11-18(12(3)20)15-7-6-13(16)10-19(14)15;1-2(3)4/h6-7,10-11H,4-5,8-9H2,1-3H3;1H3,(H,3,4)/q+1;/p-1. The fourth-order valence-corrected chi connectivity index (χ4v) is 2.76. The third-order valence-corrected chi connectivity index (χ3v) is 4.11. The van der Waals surface area contributed by atoms with Gasteiger partial charge in [-0.25, -0.2) is 4.79 Å². The largest absolute Gasteiger partial charge is 0.550 e. The van der Waals surface area contributed by atoms with Crippen molar-refractivity contribution in [1.82, 2.24) is 9.47 Å². The van der Waals surface area contributed by atoms with Crippen molar-refractivity contribution in [2.45, 2.75) is 34.1 Å². The predicted octanol–water partition coefficient (Wildman–Crippen LogP) is 1.29. The third kappa shape index (κ3) is 5.72. The van der Waals surface area contributed by atoms with E-state index in [-0.39, 0.29) is 5.91 Å². The van der Waals surface area contributed by atoms with E-state index < -0.39 is 5.97 Å². The number of carboxylic acids is 1. The Kier molecular flexibility index (Phi) is 8.07. The summed E-state index contributed by atoms with van der Waals surface area (Å²) in [5.41, 5.74) is 2.07. The summed E-state index contributed by atoms with van der Waals surface area (Å²) >= 11 is 3.49. The van der Waals surface area contributed by atoms with Crippen LogP contribution < -0.4 is 9.51 Å². The molecule has 0 unspecified atom stereocenters. The minimum atomic E-state index is -1.08. The lowest BCUT2D eigenvalue weighted by atomic mass is 10.3. The van der Waals surface area contributed by atoms with E-state index in [1.807, 2.05) is 24.5 Å². The number of likely N-dealkylation sites (N-methyl/N-ethyl adjacent to an activating group) is 1. The lowest BCUT2D eigenvalue weighted by molar-refractivity contribution is -0.520. The van der Waals surface area contributed by atoms with E-state index in [4.69, 9.17) is 9.90 Å². The van der Waals surface area contributed by atoms with Crippen LogP contribution in [0.1, 0.15) is 38.2 Å². The van der Waals surface area contributed by atoms with Crippen LogP contribution >= 0.6 is 15.9 Å². The van der Waals surface area contributed by atoms with Crippen LogP contribution in [0, 0.1) is 0 Å². The summed E-state index contributed by atoms with van der Waals surface area (Å²) in [6.45, 7) is 10.0. The zero-order valence-corrected chi connectivity index (χ0v) is 16.2. The topological polar surface area (TPSA) is 69.5 Å². The van der Waals surface area contributed by atoms with E-state index in [0.717, 1.165) is 48.8 Å². The normalized spacial score (nSPS) is 10.6. The number of nitrogens with zero attached hydrogens (tertiary/aromatic N) is 3. The first-order valence-electron chi connectivity index (χ1n) is 7.92. The second-order valence-corrected chi connectivity index (χ2v) is 6.27. The number of carbonyl (C=O) groups excluding carboxylic acids is 2. The Morgan fingerprint density at radius 3 is 2.33 bits per heavy atom. The van der Waals surface area contributed by atoms with Crippen molar-refractivity contribution in [3.63, 3.8) is 0 Å². The molecular weight excluding hydrogens is 374 g/mol. The molecule has 0 saturated heterocycles. The van der Waals surface area contributed by atoms with Crippen molar-refractivity contribution in [1.29, 1.82) is 0 Å². The van der Waals surface area contributed by atoms with Gasteiger partial charge >= 0.3 is 5.91 Å². The van der Waals surface area contributed by atoms with E-state index >= 15 is 0 Å². The first-order valence-corrected chi connectivity index (χ1v) is 8.71. The van der Waals surface area contributed by atoms with Crippen LogP contribution in [0.3, 0.4) is 0 Å². The number of halogens is 1. The monoisotopic (exact) mass is 397 g/mol. The number of hydrogen-bond acceptors (Lipinski definition) is 4. The van der Waals surface area contributed by atoms with Gasteiger partial charge in [0.1, 0.15) is 18.1 Å². The van der Waals surface area contributed by atoms with Crippen LogP contribution in [0.15, 0.2) is 29.0 Å². The van der Waals surface area contributed by atoms with Crippen LogP contribution in [-0.4, -0.2) is 41.0 Å². The summed E-state index contributed by atoms with van der Waals surface area (Å²) in [6, 6.07) is 3.93. The Balaban J connectivity index is 0.000000648. The summed E-state index contributed by atoms with van der Waals surface area (Å²) in [5, 5.41) is 8.89. The van der Waals surface area contributed by atoms with Crippen LogP contribution in [0.4, 0.5) is 0 Å². The number of pyridine rings is 1. The van der Waals surface area contributed by atoms with Gasteiger partial charge in [-0.3, -0.25) is 0 Å². The molecule has 2 aromatic rings. The molecule has 0 aliphatic heterocycles. The van der Waals surface area contributed by atoms with Crippen molar-refractivity contribution < 1.29 is 19.1 Å². The number of carbonyl (C=O) groups is 2. The van der Waals surface area contributed by atoms with E-state index in [1.54, 1.807) is 11.5 Å². The minimum absolute atomic E-state index is 0.0407. The molecule has 0 atom stereocenters. The van der Waals surface area contributed by atoms with Crippen LogP contribution in [0.5, 0.6) is 0 Å². The van der Waals surface area contributed by atoms with Crippen LogP contribution in [0.25, 0.3) is 5.65 Å². The van der Waals surface area contributed by atoms with Gasteiger partial charge in [0.05, 0.1) is 4.47 Å². The number of carboxylic acid groups (broad SMARTS) is 1. The number of imidazole rings is 1. The van der Waals surface area contributed by atoms with E-state index in [2.05, 4.69) is 39.1 Å². The van der Waals surface area contributed by atoms with Crippen molar-refractivity contribution in [2.24, 2.45) is 0 Å². The summed E-state index contributed by atoms with van der Waals surface area (Å²) in [7, 11) is 0. The Labute approximate surface area is 150 Å². The van der Waals surface area contributed by atoms with Crippen molar-refractivity contribution in [2.75, 3.05) is 19.6 Å². The highest BCUT2D eigenvalue weighted by molar-refractivity contribution is 9.10. The van der Waals surface area contributed by atoms with Gasteiger partial charge in [-0.05, 0) is 42.0 Å². The Bertz CT molecular complexity index is 704. The molecule has 0 spiro atoms. The zero-order valence-electron chi connectivity index (χ0n) is 14.6. The van der Waals surface area contributed by atoms with Crippen molar-refractivity contribution in [3.8, 4) is 0 Å². The predicted molar refractivity (Wildman–Crippen MR) is 93.8 cm³/mol. The SMILES string of the molecule is CC(=O)[O-].CCN(CC)CCc1cn(C(C)=O)c2ccc(Br)c[n+]12. The maximum atomic E-state index is 11.7. The molecule has 0 radical (unpaired) electrons. The molecule has 7 heteroatoms. The van der Waals surface area contributed by atoms with E-state index in [0.29, 0.717) is 0 Å². The third-order valence-electron chi connectivity index (χ3n) is 3.64. The van der Waals surface area contributed by atoms with Gasteiger partial charge in [0, 0.05) is 31.9 Å². The number of aliphatic carboxylic acids is 1. The Morgan fingerprint density at radius 1 is 1.25 bits per heavy atom. The smallest absolute Gasteiger partial charge is 0.311 e. The summed E-state index contributed by atoms with van der Waals surface area (Å²) < 4.78 is 4.82. The van der Waals surface area contributed by atoms with Gasteiger partial charge in [-0.2, -0.15) is 8.97 Å². The molecule has 0 aromatic carbocycles. The minimum Gasteiger partial charge on any atom is -0.550 e. The molecule has 24 heavy (non-hydrogen) atoms. The molecule has 2 rings (SSSR count). The molecule has 0 aliphatic rings. The van der Waals surface area contributed by atoms with Crippen LogP contribution in [-0.2, 0) is 11.2 Å². The number of hydrogen-bond donors (Lipinski definition) is 0. The lowest BCUT2D eigenvalue weighted by Gasteiger charge is -2.16. The van der Waals surface area contributed by atoms with Gasteiger partial charge in [-0.15, -0.1) is 0 Å². The van der Waals surface area contributed by atoms with Gasteiger partial charge < -0.3 is 14.8 Å². The van der Waals surface area contributed by atoms with Gasteiger partial charge in [0.25, 0.3) is 5.65 Å². The van der Waals surface area contributed by atoms with Gasteiger partial charge in [-0.1, -0.05) is 13.8 Å². The van der Waals surface area contributed by atoms with Gasteiger partial charge in [0.2, 0.25) is 0 Å². The average molecular weight is 398 g/mol. The molecule has 0 amide bonds. The lowest BCUT2D eigenvalue weighted by Crippen LogP contribution is -2.30. The number of fused-ring (bicyclic) bond motifs is 1. The molecule has 0 saturated carbocycles. The molecule has 0 fully saturated rings. The maximum absolute atomic E-state index is 11.7. The molecule has 0 N–H and O–H groups in total. The van der Waals surface area contributed by atoms with E-state index in [1.165, 1.54) is 0 Å². The first-order chi connectivity index (χ1) is 11.3. The van der Waals surface area contributed by atoms with E-state index in [9.17, 15) is 4.79 Å². The Morgan fingerprint density at radius 2 is 1.83 bits per heavy atom. The maximum Gasteiger partial charge on any atom is 0.311 e. The van der Waals surface area contributed by atoms with Gasteiger partial charge in [0.15, 0.2) is 0 Å². The average Bonchev–Trinajstić information content (AvgIpc) is 2.86. The highest BCUT2D eigenvalue weighted by Crippen LogP contribution is 2.11. The molecule has 6 nitrogen and oxygen atoms in total. The number of rotatable bonds is 5. The molecule has 0 aliphatic carbocycles. The van der Waals surface area contributed by atoms with Crippen LogP contribution in [0.2, 0.25) is 0 Å². The molecule has 0 bridgehead atoms. The zero-order chi connectivity index (χ0) is 18.3. The summed E-state index contributed by atoms with van der Waals surface area (Å²) in [6.07, 6.45) is 4.90. The fraction of sp³-hybridized carbons (Fsp3) is 0.471. The molecule has 132 valence electrons. The summed E-state index contributed by atoms with van der Waals surface area (Å²) in [4.78, 5) is 23.0. The fourth-order valence-electron chi connectivity index (χ4n) is 2.42. The highest BCUT2D eigenvalue weighted by atomic mass is 79.9. The second-order valence-electron chi connectivity index (χ2n) is 5.35. The van der Waals surface area contributed by atoms with Crippen molar-refractivity contribution in [3.05, 3.63) is 34.7 Å². The van der Waals surface area contributed by atoms with Crippen molar-refractivity contribution >= 4 is 33.5 Å². The molecule has 2 heterocycles. The molecule has 2 aromatic heterocycles. The number of aromatic nitrogens is 2. The molecular formula is C17H24BrN3O3. The Hall–Kier alpha value is -1.73. The second kappa shape index (κ2) is 9.54.